The molecular weight excluding hydrogens is 965 g/mol. The average molecular weight is 1040 g/mol. The van der Waals surface area contributed by atoms with E-state index in [9.17, 15) is 10.5 Å². The van der Waals surface area contributed by atoms with E-state index in [1.54, 1.807) is 24.3 Å². The fraction of sp³-hybridized carbons (Fsp3) is 0.441. The average Bonchev–Trinajstić information content (AvgIpc) is 1.97. The summed E-state index contributed by atoms with van der Waals surface area (Å²) in [4.78, 5) is 71.7. The summed E-state index contributed by atoms with van der Waals surface area (Å²) in [5.74, 6) is -1.91. The van der Waals surface area contributed by atoms with E-state index in [0.29, 0.717) is 68.8 Å². The predicted molar refractivity (Wildman–Crippen MR) is 315 cm³/mol. The summed E-state index contributed by atoms with van der Waals surface area (Å²) >= 11 is 0. The van der Waals surface area contributed by atoms with E-state index in [0.717, 1.165) is 161 Å². The van der Waals surface area contributed by atoms with Gasteiger partial charge in [-0.05, 0) is 125 Å². The first-order valence-electron chi connectivity index (χ1n) is 29.4. The monoisotopic (exact) mass is 1030 g/mol. The highest BCUT2D eigenvalue weighted by molar-refractivity contribution is 6.46. The van der Waals surface area contributed by atoms with Crippen molar-refractivity contribution in [2.24, 2.45) is 0 Å². The molecule has 0 fully saturated rings. The number of carbonyl (C=O) groups is 4. The van der Waals surface area contributed by atoms with E-state index < -0.39 is 23.6 Å². The number of fused-ring (bicyclic) bond motifs is 4. The van der Waals surface area contributed by atoms with Gasteiger partial charge in [0.15, 0.2) is 0 Å². The third-order valence-electron chi connectivity index (χ3n) is 17.6. The number of nitrogens with zero attached hydrogens (tertiary/aromatic N) is 6. The molecule has 10 heteroatoms. The van der Waals surface area contributed by atoms with Crippen LogP contribution in [0.4, 0.5) is 11.4 Å². The maximum atomic E-state index is 15.2. The first-order valence-corrected chi connectivity index (χ1v) is 29.4. The minimum absolute atomic E-state index is 0.124. The molecule has 10 rings (SSSR count). The number of rotatable bonds is 26. The van der Waals surface area contributed by atoms with Crippen molar-refractivity contribution in [2.45, 2.75) is 194 Å². The van der Waals surface area contributed by atoms with Crippen LogP contribution in [0.25, 0.3) is 85.1 Å². The molecule has 4 amide bonds. The van der Waals surface area contributed by atoms with Crippen LogP contribution in [0.5, 0.6) is 0 Å². The fourth-order valence-electron chi connectivity index (χ4n) is 13.8. The second kappa shape index (κ2) is 23.1. The molecule has 10 nitrogen and oxygen atoms in total. The summed E-state index contributed by atoms with van der Waals surface area (Å²) in [6, 6.07) is 19.1. The second-order valence-corrected chi connectivity index (χ2v) is 22.4. The van der Waals surface area contributed by atoms with Gasteiger partial charge in [-0.3, -0.25) is 29.0 Å². The maximum Gasteiger partial charge on any atom is 0.262 e. The number of carbonyl (C=O) groups excluding carboxylic acids is 4. The number of hydrogen-bond acceptors (Lipinski definition) is 6. The Morgan fingerprint density at radius 3 is 0.936 bits per heavy atom. The summed E-state index contributed by atoms with van der Waals surface area (Å²) in [6.45, 7) is 25.9. The molecule has 0 unspecified atom stereocenters. The zero-order valence-corrected chi connectivity index (χ0v) is 46.1. The van der Waals surface area contributed by atoms with Gasteiger partial charge in [0.05, 0.1) is 46.5 Å². The topological polar surface area (TPSA) is 131 Å². The van der Waals surface area contributed by atoms with Crippen molar-refractivity contribution in [3.05, 3.63) is 105 Å². The Bertz CT molecular complexity index is 3390. The lowest BCUT2D eigenvalue weighted by molar-refractivity contribution is 0.0502. The highest BCUT2D eigenvalue weighted by Crippen LogP contribution is 2.53. The van der Waals surface area contributed by atoms with Crippen molar-refractivity contribution in [3.63, 3.8) is 0 Å². The number of benzene rings is 8. The molecule has 0 N–H and O–H groups in total. The number of amides is 4. The molecule has 8 aromatic carbocycles. The Labute approximate surface area is 458 Å². The molecule has 0 spiro atoms. The van der Waals surface area contributed by atoms with E-state index >= 15 is 19.2 Å². The highest BCUT2D eigenvalue weighted by Gasteiger charge is 2.43. The van der Waals surface area contributed by atoms with Crippen molar-refractivity contribution < 1.29 is 19.2 Å². The molecule has 396 valence electrons. The number of imide groups is 2. The standard InChI is InChI=1S/C68H70N6O4/c1-7-11-15-19-23-27-43(28-24-20-16-12-8-2)73-65(75)55-41(39-69)35-49-45-31-32-46-50-36-42(40-70)56-64-60(50)52(48-34-33-47(57(45)58(46)48)51-37-53(71-5)61(67(73)77)63(55)59(49)51)38-54(72-6)62(64)68(78)74(66(56)76)44(29-25-21-17-13-9-3)30-26-22-18-14-10-4/h31-38,43-44H,7-30H2,1-4H3. The molecule has 0 radical (unpaired) electrons. The van der Waals surface area contributed by atoms with Crippen LogP contribution in [-0.4, -0.2) is 45.5 Å². The zero-order chi connectivity index (χ0) is 54.8. The van der Waals surface area contributed by atoms with Gasteiger partial charge in [-0.2, -0.15) is 10.5 Å². The molecular formula is C68H70N6O4. The van der Waals surface area contributed by atoms with Crippen LogP contribution >= 0.6 is 0 Å². The van der Waals surface area contributed by atoms with Crippen LogP contribution in [0, 0.1) is 35.8 Å². The van der Waals surface area contributed by atoms with Crippen molar-refractivity contribution in [1.82, 2.24) is 9.80 Å². The van der Waals surface area contributed by atoms with Crippen LogP contribution < -0.4 is 0 Å². The SMILES string of the molecule is [C-]#[N+]c1cc2c3ccc4c5cc([N+]#[C-])c6c7c(c(C#N)cc(c8ccc(c9cc(C#N)c%10c(c1C(=O)N(C(CCCCCCC)CCCCCCC)C%10=O)c92)c3c84)c75)C(=O)N(C(CCCCCCC)CCCCCCC)C6=O. The quantitative estimate of drug-likeness (QED) is 0.0174. The molecule has 0 aromatic heterocycles. The molecule has 2 heterocycles. The first-order chi connectivity index (χ1) is 38.1. The van der Waals surface area contributed by atoms with Crippen molar-refractivity contribution >= 4 is 110 Å². The van der Waals surface area contributed by atoms with Crippen LogP contribution in [-0.2, 0) is 0 Å². The van der Waals surface area contributed by atoms with E-state index in [1.807, 2.05) is 24.3 Å². The van der Waals surface area contributed by atoms with Gasteiger partial charge in [-0.25, -0.2) is 9.69 Å². The lowest BCUT2D eigenvalue weighted by atomic mass is 9.78. The van der Waals surface area contributed by atoms with E-state index in [-0.39, 0.29) is 56.8 Å². The van der Waals surface area contributed by atoms with Crippen LogP contribution in [0.15, 0.2) is 48.5 Å². The lowest BCUT2D eigenvalue weighted by Crippen LogP contribution is -2.47. The van der Waals surface area contributed by atoms with Gasteiger partial charge in [-0.15, -0.1) is 0 Å². The summed E-state index contributed by atoms with van der Waals surface area (Å²) in [5, 5.41) is 31.5. The third-order valence-corrected chi connectivity index (χ3v) is 17.6. The number of unbranched alkanes of at least 4 members (excludes halogenated alkanes) is 16. The second-order valence-electron chi connectivity index (χ2n) is 22.4. The molecule has 78 heavy (non-hydrogen) atoms. The van der Waals surface area contributed by atoms with Gasteiger partial charge in [0.25, 0.3) is 23.6 Å². The Morgan fingerprint density at radius 1 is 0.385 bits per heavy atom. The minimum Gasteiger partial charge on any atom is -0.272 e. The Kier molecular flexibility index (Phi) is 15.9. The van der Waals surface area contributed by atoms with Gasteiger partial charge in [-0.1, -0.05) is 180 Å². The predicted octanol–water partition coefficient (Wildman–Crippen LogP) is 18.9. The molecule has 0 saturated carbocycles. The van der Waals surface area contributed by atoms with Gasteiger partial charge in [0.1, 0.15) is 12.1 Å². The minimum atomic E-state index is -0.479. The summed E-state index contributed by atoms with van der Waals surface area (Å²) in [6.07, 6.45) is 23.4. The van der Waals surface area contributed by atoms with E-state index in [1.165, 1.54) is 9.80 Å². The van der Waals surface area contributed by atoms with Crippen LogP contribution in [0.1, 0.15) is 234 Å². The number of nitriles is 2. The zero-order valence-electron chi connectivity index (χ0n) is 46.1. The molecule has 0 aliphatic carbocycles. The summed E-state index contributed by atoms with van der Waals surface area (Å²) in [5.41, 5.74) is 1.23. The lowest BCUT2D eigenvalue weighted by Gasteiger charge is -2.36. The third kappa shape index (κ3) is 8.93. The molecule has 2 aliphatic rings. The Balaban J connectivity index is 1.16. The van der Waals surface area contributed by atoms with Gasteiger partial charge < -0.3 is 0 Å². The summed E-state index contributed by atoms with van der Waals surface area (Å²) < 4.78 is 0. The Morgan fingerprint density at radius 2 is 0.654 bits per heavy atom. The van der Waals surface area contributed by atoms with Gasteiger partial charge in [0, 0.05) is 12.1 Å². The normalized spacial score (nSPS) is 13.6. The van der Waals surface area contributed by atoms with E-state index in [2.05, 4.69) is 49.5 Å². The summed E-state index contributed by atoms with van der Waals surface area (Å²) in [7, 11) is 0. The molecule has 0 atom stereocenters. The van der Waals surface area contributed by atoms with Crippen LogP contribution in [0.3, 0.4) is 0 Å². The highest BCUT2D eigenvalue weighted by atomic mass is 16.2. The van der Waals surface area contributed by atoms with Crippen molar-refractivity contribution in [1.29, 1.82) is 10.5 Å². The molecule has 8 aromatic rings. The van der Waals surface area contributed by atoms with Gasteiger partial charge in [0.2, 0.25) is 11.4 Å². The van der Waals surface area contributed by atoms with Crippen molar-refractivity contribution in [3.8, 4) is 12.1 Å². The Hall–Kier alpha value is -7.66. The number of hydrogen-bond donors (Lipinski definition) is 0. The maximum absolute atomic E-state index is 15.2. The first kappa shape index (κ1) is 53.7. The molecule has 0 bridgehead atoms. The smallest absolute Gasteiger partial charge is 0.262 e. The largest absolute Gasteiger partial charge is 0.272 e. The van der Waals surface area contributed by atoms with Crippen molar-refractivity contribution in [2.75, 3.05) is 0 Å². The van der Waals surface area contributed by atoms with Crippen LogP contribution in [0.2, 0.25) is 0 Å². The van der Waals surface area contributed by atoms with Gasteiger partial charge >= 0.3 is 0 Å². The van der Waals surface area contributed by atoms with E-state index in [4.69, 9.17) is 13.1 Å². The molecule has 0 saturated heterocycles. The fourth-order valence-corrected chi connectivity index (χ4v) is 13.8. The molecule has 2 aliphatic heterocycles.